The summed E-state index contributed by atoms with van der Waals surface area (Å²) in [6.07, 6.45) is 0.913. The molecule has 1 amide bonds. The topological polar surface area (TPSA) is 46.9 Å². The molecule has 0 bridgehead atoms. The minimum atomic E-state index is -4.67. The summed E-state index contributed by atoms with van der Waals surface area (Å²) in [7, 11) is 1.36. The van der Waals surface area contributed by atoms with E-state index in [1.54, 1.807) is 23.9 Å². The second-order valence-corrected chi connectivity index (χ2v) is 7.68. The molecule has 0 aliphatic carbocycles. The number of allylic oxidation sites excluding steroid dienone is 2. The minimum Gasteiger partial charge on any atom is -0.324 e. The molecule has 1 aliphatic heterocycles. The normalized spacial score (nSPS) is 19.0. The number of carbonyl (C=O) groups excluding carboxylic acids is 1. The summed E-state index contributed by atoms with van der Waals surface area (Å²) in [6.45, 7) is 6.32. The largest absolute Gasteiger partial charge is 0.435 e. The van der Waals surface area contributed by atoms with Crippen molar-refractivity contribution >= 4 is 17.7 Å². The van der Waals surface area contributed by atoms with Crippen LogP contribution in [-0.4, -0.2) is 20.9 Å². The van der Waals surface area contributed by atoms with E-state index in [1.165, 1.54) is 7.05 Å². The molecule has 0 spiro atoms. The number of thioether (sulfide) groups is 1. The highest BCUT2D eigenvalue weighted by atomic mass is 32.2. The van der Waals surface area contributed by atoms with Crippen molar-refractivity contribution in [2.45, 2.75) is 38.6 Å². The lowest BCUT2D eigenvalue weighted by Gasteiger charge is -2.28. The highest BCUT2D eigenvalue weighted by molar-refractivity contribution is 8.03. The Hall–Kier alpha value is -1.70. The van der Waals surface area contributed by atoms with E-state index in [9.17, 15) is 18.0 Å². The van der Waals surface area contributed by atoms with E-state index in [4.69, 9.17) is 0 Å². The average molecular weight is 373 g/mol. The van der Waals surface area contributed by atoms with Crippen LogP contribution in [0.15, 0.2) is 29.5 Å². The van der Waals surface area contributed by atoms with Gasteiger partial charge >= 0.3 is 6.18 Å². The fraction of sp³-hybridized carbons (Fsp3) is 0.529. The van der Waals surface area contributed by atoms with Gasteiger partial charge in [0.05, 0.1) is 10.8 Å². The van der Waals surface area contributed by atoms with Gasteiger partial charge in [0.2, 0.25) is 0 Å². The van der Waals surface area contributed by atoms with Crippen molar-refractivity contribution < 1.29 is 18.0 Å². The molecule has 1 N–H and O–H groups in total. The van der Waals surface area contributed by atoms with Crippen LogP contribution in [0.4, 0.5) is 13.2 Å². The maximum Gasteiger partial charge on any atom is 0.435 e. The van der Waals surface area contributed by atoms with Gasteiger partial charge in [0.25, 0.3) is 5.91 Å². The average Bonchev–Trinajstić information content (AvgIpc) is 2.89. The highest BCUT2D eigenvalue weighted by Gasteiger charge is 2.39. The number of aromatic nitrogens is 2. The zero-order valence-corrected chi connectivity index (χ0v) is 15.4. The van der Waals surface area contributed by atoms with Crippen LogP contribution in [0.25, 0.3) is 0 Å². The van der Waals surface area contributed by atoms with E-state index in [1.807, 2.05) is 5.41 Å². The molecule has 2 unspecified atom stereocenters. The lowest BCUT2D eigenvalue weighted by atomic mass is 9.93. The predicted octanol–water partition coefficient (Wildman–Crippen LogP) is 4.36. The number of carbonyl (C=O) groups is 1. The van der Waals surface area contributed by atoms with Gasteiger partial charge in [-0.2, -0.15) is 18.3 Å². The van der Waals surface area contributed by atoms with Gasteiger partial charge < -0.3 is 5.32 Å². The van der Waals surface area contributed by atoms with Crippen LogP contribution in [-0.2, 0) is 13.2 Å². The molecule has 0 saturated carbocycles. The van der Waals surface area contributed by atoms with Crippen molar-refractivity contribution in [2.24, 2.45) is 18.9 Å². The molecular formula is C17H22F3N3OS. The smallest absolute Gasteiger partial charge is 0.324 e. The fourth-order valence-electron chi connectivity index (χ4n) is 2.92. The van der Waals surface area contributed by atoms with Gasteiger partial charge in [-0.05, 0) is 29.7 Å². The van der Waals surface area contributed by atoms with E-state index < -0.39 is 23.3 Å². The molecule has 0 saturated heterocycles. The van der Waals surface area contributed by atoms with Crippen LogP contribution in [0, 0.1) is 11.8 Å². The first kappa shape index (κ1) is 19.6. The summed E-state index contributed by atoms with van der Waals surface area (Å²) in [4.78, 5) is 12.4. The summed E-state index contributed by atoms with van der Waals surface area (Å²) in [5.74, 6) is -0.0181. The molecule has 1 aromatic rings. The first-order valence-electron chi connectivity index (χ1n) is 8.04. The number of nitrogens with one attached hydrogen (secondary N) is 1. The zero-order chi connectivity index (χ0) is 18.8. The number of aryl methyl sites for hydroxylation is 1. The maximum absolute atomic E-state index is 13.1. The molecule has 4 nitrogen and oxygen atoms in total. The Morgan fingerprint density at radius 2 is 2.08 bits per heavy atom. The van der Waals surface area contributed by atoms with Gasteiger partial charge in [0.1, 0.15) is 0 Å². The van der Waals surface area contributed by atoms with Crippen LogP contribution < -0.4 is 5.32 Å². The Bertz CT molecular complexity index is 692. The molecule has 0 fully saturated rings. The van der Waals surface area contributed by atoms with Crippen LogP contribution in [0.1, 0.15) is 43.2 Å². The van der Waals surface area contributed by atoms with E-state index >= 15 is 0 Å². The highest BCUT2D eigenvalue weighted by Crippen LogP contribution is 2.34. The lowest BCUT2D eigenvalue weighted by Crippen LogP contribution is -2.33. The summed E-state index contributed by atoms with van der Waals surface area (Å²) in [5.41, 5.74) is -1.01. The molecular weight excluding hydrogens is 351 g/mol. The first-order chi connectivity index (χ1) is 11.6. The molecule has 1 aliphatic rings. The number of hydrogen-bond donors (Lipinski definition) is 1. The second-order valence-electron chi connectivity index (χ2n) is 6.63. The third kappa shape index (κ3) is 4.90. The van der Waals surface area contributed by atoms with E-state index in [0.29, 0.717) is 11.6 Å². The molecule has 2 atom stereocenters. The molecule has 25 heavy (non-hydrogen) atoms. The molecule has 0 radical (unpaired) electrons. The van der Waals surface area contributed by atoms with Crippen LogP contribution in [0.3, 0.4) is 0 Å². The van der Waals surface area contributed by atoms with Crippen molar-refractivity contribution in [3.63, 3.8) is 0 Å². The van der Waals surface area contributed by atoms with Crippen molar-refractivity contribution in [3.8, 4) is 0 Å². The van der Waals surface area contributed by atoms with Crippen molar-refractivity contribution in [1.82, 2.24) is 15.1 Å². The maximum atomic E-state index is 13.1. The van der Waals surface area contributed by atoms with Gasteiger partial charge in [0, 0.05) is 18.9 Å². The summed E-state index contributed by atoms with van der Waals surface area (Å²) in [6, 6.07) is 0. The molecule has 138 valence electrons. The molecule has 1 aromatic heterocycles. The van der Waals surface area contributed by atoms with E-state index in [0.717, 1.165) is 17.3 Å². The van der Waals surface area contributed by atoms with Crippen molar-refractivity contribution in [1.29, 1.82) is 0 Å². The monoisotopic (exact) mass is 373 g/mol. The standard InChI is InChI=1S/C17H22F3N3OS/c1-10(2)8-11(3)14-13(6-5-7-25-14)21-16(24)12-9-23(4)22-15(12)17(18,19)20/h5-7,9-11,14H,8H2,1-4H3,(H,21,24). The van der Waals surface area contributed by atoms with Gasteiger partial charge in [-0.3, -0.25) is 9.48 Å². The first-order valence-corrected chi connectivity index (χ1v) is 8.98. The van der Waals surface area contributed by atoms with Gasteiger partial charge in [-0.1, -0.05) is 26.8 Å². The van der Waals surface area contributed by atoms with Gasteiger partial charge in [-0.25, -0.2) is 0 Å². The number of rotatable bonds is 5. The predicted molar refractivity (Wildman–Crippen MR) is 92.9 cm³/mol. The Morgan fingerprint density at radius 1 is 1.40 bits per heavy atom. The molecule has 8 heteroatoms. The summed E-state index contributed by atoms with van der Waals surface area (Å²) in [5, 5.41) is 7.98. The Labute approximate surface area is 149 Å². The van der Waals surface area contributed by atoms with Gasteiger partial charge in [0.15, 0.2) is 5.69 Å². The van der Waals surface area contributed by atoms with Crippen molar-refractivity contribution in [3.05, 3.63) is 40.7 Å². The Kier molecular flexibility index (Phi) is 6.03. The van der Waals surface area contributed by atoms with Crippen molar-refractivity contribution in [2.75, 3.05) is 0 Å². The summed E-state index contributed by atoms with van der Waals surface area (Å²) < 4.78 is 40.2. The Morgan fingerprint density at radius 3 is 2.68 bits per heavy atom. The van der Waals surface area contributed by atoms with Crippen LogP contribution >= 0.6 is 11.8 Å². The van der Waals surface area contributed by atoms with E-state index in [2.05, 4.69) is 31.2 Å². The third-order valence-electron chi connectivity index (χ3n) is 3.85. The number of nitrogens with zero attached hydrogens (tertiary/aromatic N) is 2. The fourth-order valence-corrected chi connectivity index (χ4v) is 3.93. The van der Waals surface area contributed by atoms with Gasteiger partial charge in [-0.15, -0.1) is 11.8 Å². The molecule has 2 rings (SSSR count). The number of halogens is 3. The third-order valence-corrected chi connectivity index (χ3v) is 5.17. The second kappa shape index (κ2) is 7.68. The molecule has 2 heterocycles. The number of alkyl halides is 3. The minimum absolute atomic E-state index is 0.00218. The SMILES string of the molecule is CC(C)CC(C)C1SC=CC=C1NC(=O)c1cn(C)nc1C(F)(F)F. The number of amides is 1. The van der Waals surface area contributed by atoms with Crippen LogP contribution in [0.2, 0.25) is 0 Å². The van der Waals surface area contributed by atoms with E-state index in [-0.39, 0.29) is 11.2 Å². The Balaban J connectivity index is 2.21. The summed E-state index contributed by atoms with van der Waals surface area (Å²) >= 11 is 1.57. The zero-order valence-electron chi connectivity index (χ0n) is 14.6. The number of hydrogen-bond acceptors (Lipinski definition) is 3. The molecule has 0 aromatic carbocycles. The quantitative estimate of drug-likeness (QED) is 0.834. The van der Waals surface area contributed by atoms with Crippen LogP contribution in [0.5, 0.6) is 0 Å². The lowest BCUT2D eigenvalue weighted by molar-refractivity contribution is -0.141.